The van der Waals surface area contributed by atoms with Gasteiger partial charge in [-0.15, -0.1) is 0 Å². The molecule has 0 aromatic carbocycles. The number of ketones is 1. The number of ether oxygens (including phenoxy) is 2. The number of carbonyl (C=O) groups excluding carboxylic acids is 2. The van der Waals surface area contributed by atoms with E-state index < -0.39 is 5.41 Å². The third kappa shape index (κ3) is 6.76. The first-order chi connectivity index (χ1) is 7.79. The second kappa shape index (κ2) is 7.09. The summed E-state index contributed by atoms with van der Waals surface area (Å²) >= 11 is 0. The lowest BCUT2D eigenvalue weighted by Crippen LogP contribution is -2.27. The molecule has 0 aromatic rings. The number of hydrogen-bond acceptors (Lipinski definition) is 4. The Kier molecular flexibility index (Phi) is 6.54. The van der Waals surface area contributed by atoms with Crippen molar-refractivity contribution in [3.05, 3.63) is 12.3 Å². The third-order valence-corrected chi connectivity index (χ3v) is 2.51. The van der Waals surface area contributed by atoms with Gasteiger partial charge in [-0.3, -0.25) is 9.59 Å². The van der Waals surface area contributed by atoms with E-state index in [1.807, 2.05) is 20.8 Å². The minimum atomic E-state index is -0.462. The molecule has 4 heteroatoms. The van der Waals surface area contributed by atoms with E-state index in [-0.39, 0.29) is 31.4 Å². The zero-order valence-electron chi connectivity index (χ0n) is 11.2. The summed E-state index contributed by atoms with van der Waals surface area (Å²) in [7, 11) is 0. The maximum atomic E-state index is 11.6. The quantitative estimate of drug-likeness (QED) is 0.373. The zero-order valence-corrected chi connectivity index (χ0v) is 11.2. The molecule has 4 nitrogen and oxygen atoms in total. The molecule has 98 valence electrons. The summed E-state index contributed by atoms with van der Waals surface area (Å²) in [6.07, 6.45) is 0.929. The molecule has 0 saturated carbocycles. The number of Topliss-reactive ketones (excluding diaryl/α,β-unsaturated/α-hetero) is 1. The van der Waals surface area contributed by atoms with Crippen molar-refractivity contribution in [3.63, 3.8) is 0 Å². The van der Waals surface area contributed by atoms with Crippen LogP contribution in [-0.4, -0.2) is 25.0 Å². The Balaban J connectivity index is 3.75. The van der Waals surface area contributed by atoms with Crippen LogP contribution in [0.5, 0.6) is 0 Å². The first-order valence-electron chi connectivity index (χ1n) is 5.77. The molecular formula is C13H22O4. The van der Waals surface area contributed by atoms with Crippen LogP contribution in [-0.2, 0) is 19.1 Å². The van der Waals surface area contributed by atoms with Crippen LogP contribution in [0.25, 0.3) is 0 Å². The van der Waals surface area contributed by atoms with Crippen molar-refractivity contribution in [2.75, 3.05) is 13.2 Å². The molecule has 0 unspecified atom stereocenters. The van der Waals surface area contributed by atoms with Gasteiger partial charge in [-0.05, 0) is 27.2 Å². The number of allylic oxidation sites excluding steroid dienone is 1. The summed E-state index contributed by atoms with van der Waals surface area (Å²) in [6, 6.07) is 0. The molecule has 0 aromatic heterocycles. The second-order valence-corrected chi connectivity index (χ2v) is 4.64. The van der Waals surface area contributed by atoms with Crippen LogP contribution in [0.2, 0.25) is 0 Å². The average molecular weight is 242 g/mol. The van der Waals surface area contributed by atoms with Crippen LogP contribution in [0.15, 0.2) is 12.3 Å². The van der Waals surface area contributed by atoms with Crippen molar-refractivity contribution in [2.45, 2.75) is 40.5 Å². The predicted octanol–water partition coefficient (Wildman–Crippen LogP) is 2.48. The molecule has 0 N–H and O–H groups in total. The van der Waals surface area contributed by atoms with Crippen LogP contribution >= 0.6 is 0 Å². The summed E-state index contributed by atoms with van der Waals surface area (Å²) in [5.41, 5.74) is -0.462. The fourth-order valence-electron chi connectivity index (χ4n) is 0.989. The van der Waals surface area contributed by atoms with Gasteiger partial charge in [0.2, 0.25) is 0 Å². The van der Waals surface area contributed by atoms with Crippen molar-refractivity contribution in [1.29, 1.82) is 0 Å². The van der Waals surface area contributed by atoms with Crippen LogP contribution in [0.1, 0.15) is 40.5 Å². The van der Waals surface area contributed by atoms with Crippen molar-refractivity contribution in [3.8, 4) is 0 Å². The van der Waals surface area contributed by atoms with Gasteiger partial charge in [-0.1, -0.05) is 13.5 Å². The Morgan fingerprint density at radius 1 is 1.18 bits per heavy atom. The molecule has 0 fully saturated rings. The SMILES string of the molecule is C=C(CC(C)=O)OCCOC(=O)C(C)(C)CC. The van der Waals surface area contributed by atoms with Gasteiger partial charge in [0.15, 0.2) is 0 Å². The average Bonchev–Trinajstić information content (AvgIpc) is 2.23. The summed E-state index contributed by atoms with van der Waals surface area (Å²) in [5, 5.41) is 0. The first kappa shape index (κ1) is 15.7. The molecule has 0 rings (SSSR count). The summed E-state index contributed by atoms with van der Waals surface area (Å²) in [5.74, 6) is 0.170. The van der Waals surface area contributed by atoms with Gasteiger partial charge in [0.25, 0.3) is 0 Å². The normalized spacial score (nSPS) is 10.8. The van der Waals surface area contributed by atoms with Gasteiger partial charge in [0.05, 0.1) is 17.6 Å². The molecule has 0 atom stereocenters. The summed E-state index contributed by atoms with van der Waals surface area (Å²) < 4.78 is 10.2. The second-order valence-electron chi connectivity index (χ2n) is 4.64. The topological polar surface area (TPSA) is 52.6 Å². The van der Waals surface area contributed by atoms with Gasteiger partial charge in [0, 0.05) is 0 Å². The van der Waals surface area contributed by atoms with E-state index in [0.717, 1.165) is 6.42 Å². The molecule has 0 spiro atoms. The van der Waals surface area contributed by atoms with E-state index in [4.69, 9.17) is 9.47 Å². The number of esters is 1. The van der Waals surface area contributed by atoms with Crippen LogP contribution in [0, 0.1) is 5.41 Å². The maximum Gasteiger partial charge on any atom is 0.311 e. The molecule has 0 radical (unpaired) electrons. The highest BCUT2D eigenvalue weighted by Gasteiger charge is 2.26. The van der Waals surface area contributed by atoms with E-state index in [2.05, 4.69) is 6.58 Å². The lowest BCUT2D eigenvalue weighted by Gasteiger charge is -2.20. The fourth-order valence-corrected chi connectivity index (χ4v) is 0.989. The largest absolute Gasteiger partial charge is 0.495 e. The van der Waals surface area contributed by atoms with Gasteiger partial charge in [-0.25, -0.2) is 0 Å². The van der Waals surface area contributed by atoms with E-state index >= 15 is 0 Å². The van der Waals surface area contributed by atoms with Crippen molar-refractivity contribution in [1.82, 2.24) is 0 Å². The minimum absolute atomic E-state index is 0.000823. The summed E-state index contributed by atoms with van der Waals surface area (Å²) in [4.78, 5) is 22.3. The van der Waals surface area contributed by atoms with Crippen molar-refractivity contribution >= 4 is 11.8 Å². The lowest BCUT2D eigenvalue weighted by molar-refractivity contribution is -0.155. The van der Waals surface area contributed by atoms with Gasteiger partial charge >= 0.3 is 5.97 Å². The Hall–Kier alpha value is -1.32. The highest BCUT2D eigenvalue weighted by atomic mass is 16.6. The molecule has 0 aliphatic rings. The van der Waals surface area contributed by atoms with Gasteiger partial charge < -0.3 is 9.47 Å². The number of carbonyl (C=O) groups is 2. The molecular weight excluding hydrogens is 220 g/mol. The minimum Gasteiger partial charge on any atom is -0.495 e. The zero-order chi connectivity index (χ0) is 13.5. The Bertz CT molecular complexity index is 292. The predicted molar refractivity (Wildman–Crippen MR) is 65.4 cm³/mol. The molecule has 0 aliphatic carbocycles. The van der Waals surface area contributed by atoms with Crippen LogP contribution in [0.3, 0.4) is 0 Å². The van der Waals surface area contributed by atoms with Crippen LogP contribution in [0.4, 0.5) is 0 Å². The van der Waals surface area contributed by atoms with E-state index in [1.165, 1.54) is 6.92 Å². The lowest BCUT2D eigenvalue weighted by atomic mass is 9.91. The molecule has 0 saturated heterocycles. The van der Waals surface area contributed by atoms with Crippen LogP contribution < -0.4 is 0 Å². The third-order valence-electron chi connectivity index (χ3n) is 2.51. The highest BCUT2D eigenvalue weighted by Crippen LogP contribution is 2.21. The molecule has 0 aliphatic heterocycles. The van der Waals surface area contributed by atoms with Crippen molar-refractivity contribution < 1.29 is 19.1 Å². The van der Waals surface area contributed by atoms with Gasteiger partial charge in [0.1, 0.15) is 19.0 Å². The molecule has 17 heavy (non-hydrogen) atoms. The fraction of sp³-hybridized carbons (Fsp3) is 0.692. The van der Waals surface area contributed by atoms with E-state index in [9.17, 15) is 9.59 Å². The van der Waals surface area contributed by atoms with Crippen molar-refractivity contribution in [2.24, 2.45) is 5.41 Å². The Morgan fingerprint density at radius 3 is 2.18 bits per heavy atom. The highest BCUT2D eigenvalue weighted by molar-refractivity contribution is 5.77. The number of rotatable bonds is 8. The Labute approximate surface area is 103 Å². The molecule has 0 heterocycles. The smallest absolute Gasteiger partial charge is 0.311 e. The standard InChI is InChI=1S/C13H22O4/c1-6-13(4,5)12(15)17-8-7-16-11(3)9-10(2)14/h3,6-9H2,1-2,4-5H3. The van der Waals surface area contributed by atoms with E-state index in [1.54, 1.807) is 0 Å². The first-order valence-corrected chi connectivity index (χ1v) is 5.77. The van der Waals surface area contributed by atoms with E-state index in [0.29, 0.717) is 5.76 Å². The monoisotopic (exact) mass is 242 g/mol. The summed E-state index contributed by atoms with van der Waals surface area (Å²) in [6.45, 7) is 11.1. The number of hydrogen-bond donors (Lipinski definition) is 0. The van der Waals surface area contributed by atoms with Gasteiger partial charge in [-0.2, -0.15) is 0 Å². The maximum absolute atomic E-state index is 11.6. The molecule has 0 bridgehead atoms. The molecule has 0 amide bonds. The Morgan fingerprint density at radius 2 is 1.71 bits per heavy atom.